The van der Waals surface area contributed by atoms with Crippen molar-refractivity contribution in [2.75, 3.05) is 0 Å². The summed E-state index contributed by atoms with van der Waals surface area (Å²) < 4.78 is 54.9. The highest BCUT2D eigenvalue weighted by Gasteiger charge is 2.44. The first-order chi connectivity index (χ1) is 11.6. The largest absolute Gasteiger partial charge is 0.573 e. The van der Waals surface area contributed by atoms with Crippen LogP contribution in [0, 0.1) is 23.1 Å². The predicted molar refractivity (Wildman–Crippen MR) is 79.4 cm³/mol. The number of benzene rings is 1. The molecule has 1 N–H and O–H groups in total. The van der Waals surface area contributed by atoms with Crippen molar-refractivity contribution < 1.29 is 32.2 Å². The molecule has 0 heterocycles. The maximum atomic E-state index is 14.2. The number of ether oxygens (including phenoxy) is 1. The SMILES string of the molecule is CCC1CCC(C(=O)O)(c2cc(F)c(OC(F)(F)F)c(C#N)c2)CC1. The smallest absolute Gasteiger partial charge is 0.481 e. The number of carboxylic acid groups (broad SMARTS) is 1. The van der Waals surface area contributed by atoms with E-state index in [0.29, 0.717) is 18.8 Å². The van der Waals surface area contributed by atoms with E-state index >= 15 is 0 Å². The van der Waals surface area contributed by atoms with Gasteiger partial charge in [0.25, 0.3) is 0 Å². The summed E-state index contributed by atoms with van der Waals surface area (Å²) in [5.74, 6) is -3.44. The number of carbonyl (C=O) groups is 1. The molecule has 2 rings (SSSR count). The summed E-state index contributed by atoms with van der Waals surface area (Å²) in [5.41, 5.74) is -2.09. The molecule has 0 saturated heterocycles. The van der Waals surface area contributed by atoms with Crippen LogP contribution >= 0.6 is 0 Å². The van der Waals surface area contributed by atoms with Gasteiger partial charge in [-0.15, -0.1) is 13.2 Å². The number of alkyl halides is 3. The van der Waals surface area contributed by atoms with Gasteiger partial charge in [0.1, 0.15) is 6.07 Å². The van der Waals surface area contributed by atoms with Gasteiger partial charge in [0.05, 0.1) is 11.0 Å². The van der Waals surface area contributed by atoms with Gasteiger partial charge in [-0.25, -0.2) is 4.39 Å². The summed E-state index contributed by atoms with van der Waals surface area (Å²) in [4.78, 5) is 11.9. The standard InChI is InChI=1S/C17H17F4NO3/c1-2-10-3-5-16(6-4-10,15(23)24)12-7-11(9-22)14(13(18)8-12)25-17(19,20)21/h7-8,10H,2-6H2,1H3,(H,23,24). The van der Waals surface area contributed by atoms with Crippen LogP contribution in [0.5, 0.6) is 5.75 Å². The third kappa shape index (κ3) is 3.86. The molecule has 8 heteroatoms. The van der Waals surface area contributed by atoms with Crippen LogP contribution in [-0.2, 0) is 10.2 Å². The van der Waals surface area contributed by atoms with E-state index in [1.165, 1.54) is 6.07 Å². The molecule has 0 atom stereocenters. The summed E-state index contributed by atoms with van der Waals surface area (Å²) in [6.45, 7) is 2.00. The van der Waals surface area contributed by atoms with Crippen LogP contribution in [0.3, 0.4) is 0 Å². The van der Waals surface area contributed by atoms with Crippen LogP contribution in [0.2, 0.25) is 0 Å². The Morgan fingerprint density at radius 3 is 2.44 bits per heavy atom. The lowest BCUT2D eigenvalue weighted by Gasteiger charge is -2.37. The van der Waals surface area contributed by atoms with Gasteiger partial charge in [-0.1, -0.05) is 13.3 Å². The maximum absolute atomic E-state index is 14.2. The number of nitriles is 1. The topological polar surface area (TPSA) is 70.3 Å². The summed E-state index contributed by atoms with van der Waals surface area (Å²) >= 11 is 0. The molecule has 0 unspecified atom stereocenters. The molecule has 0 spiro atoms. The first kappa shape index (κ1) is 19.0. The van der Waals surface area contributed by atoms with E-state index in [2.05, 4.69) is 4.74 Å². The molecule has 1 aromatic rings. The van der Waals surface area contributed by atoms with Crippen molar-refractivity contribution in [3.05, 3.63) is 29.1 Å². The summed E-state index contributed by atoms with van der Waals surface area (Å²) in [7, 11) is 0. The molecule has 0 bridgehead atoms. The molecule has 1 fully saturated rings. The van der Waals surface area contributed by atoms with Gasteiger partial charge in [-0.3, -0.25) is 4.79 Å². The molecule has 1 aliphatic carbocycles. The Balaban J connectivity index is 2.49. The molecule has 136 valence electrons. The zero-order chi connectivity index (χ0) is 18.8. The first-order valence-electron chi connectivity index (χ1n) is 7.86. The van der Waals surface area contributed by atoms with Crippen LogP contribution in [0.25, 0.3) is 0 Å². The lowest BCUT2D eigenvalue weighted by molar-refractivity contribution is -0.275. The highest BCUT2D eigenvalue weighted by molar-refractivity contribution is 5.82. The van der Waals surface area contributed by atoms with Gasteiger partial charge >= 0.3 is 12.3 Å². The Kier molecular flexibility index (Phi) is 5.26. The van der Waals surface area contributed by atoms with Crippen LogP contribution in [0.4, 0.5) is 17.6 Å². The van der Waals surface area contributed by atoms with Crippen molar-refractivity contribution in [3.63, 3.8) is 0 Å². The molecular formula is C17H17F4NO3. The maximum Gasteiger partial charge on any atom is 0.573 e. The lowest BCUT2D eigenvalue weighted by Crippen LogP contribution is -2.39. The molecule has 1 aromatic carbocycles. The lowest BCUT2D eigenvalue weighted by atomic mass is 9.66. The number of rotatable bonds is 4. The number of halogens is 4. The monoisotopic (exact) mass is 359 g/mol. The molecule has 0 aromatic heterocycles. The van der Waals surface area contributed by atoms with Crippen LogP contribution < -0.4 is 4.74 Å². The number of nitrogens with zero attached hydrogens (tertiary/aromatic N) is 1. The quantitative estimate of drug-likeness (QED) is 0.803. The van der Waals surface area contributed by atoms with Gasteiger partial charge in [-0.05, 0) is 49.3 Å². The van der Waals surface area contributed by atoms with Crippen molar-refractivity contribution in [1.29, 1.82) is 5.26 Å². The van der Waals surface area contributed by atoms with E-state index in [-0.39, 0.29) is 18.4 Å². The van der Waals surface area contributed by atoms with Gasteiger partial charge < -0.3 is 9.84 Å². The Hall–Kier alpha value is -2.30. The van der Waals surface area contributed by atoms with E-state index in [1.54, 1.807) is 0 Å². The van der Waals surface area contributed by atoms with E-state index < -0.39 is 34.9 Å². The minimum atomic E-state index is -5.16. The van der Waals surface area contributed by atoms with Gasteiger partial charge in [0.15, 0.2) is 11.6 Å². The Morgan fingerprint density at radius 1 is 1.40 bits per heavy atom. The van der Waals surface area contributed by atoms with Crippen molar-refractivity contribution in [2.24, 2.45) is 5.92 Å². The molecule has 0 amide bonds. The summed E-state index contributed by atoms with van der Waals surface area (Å²) in [6, 6.07) is 3.19. The van der Waals surface area contributed by atoms with Crippen molar-refractivity contribution in [3.8, 4) is 11.8 Å². The van der Waals surface area contributed by atoms with Crippen LogP contribution in [0.1, 0.15) is 50.2 Å². The highest BCUT2D eigenvalue weighted by atomic mass is 19.4. The van der Waals surface area contributed by atoms with Crippen molar-refractivity contribution in [1.82, 2.24) is 0 Å². The molecule has 25 heavy (non-hydrogen) atoms. The molecule has 0 aliphatic heterocycles. The Labute approximate surface area is 142 Å². The minimum absolute atomic E-state index is 0.00173. The van der Waals surface area contributed by atoms with E-state index in [0.717, 1.165) is 18.6 Å². The van der Waals surface area contributed by atoms with E-state index in [1.807, 2.05) is 6.92 Å². The van der Waals surface area contributed by atoms with E-state index in [4.69, 9.17) is 5.26 Å². The highest BCUT2D eigenvalue weighted by Crippen LogP contribution is 2.44. The average Bonchev–Trinajstić information content (AvgIpc) is 2.55. The van der Waals surface area contributed by atoms with Crippen LogP contribution in [-0.4, -0.2) is 17.4 Å². The minimum Gasteiger partial charge on any atom is -0.481 e. The van der Waals surface area contributed by atoms with Crippen LogP contribution in [0.15, 0.2) is 12.1 Å². The third-order valence-corrected chi connectivity index (χ3v) is 4.88. The van der Waals surface area contributed by atoms with E-state index in [9.17, 15) is 27.5 Å². The van der Waals surface area contributed by atoms with Gasteiger partial charge in [0, 0.05) is 0 Å². The zero-order valence-electron chi connectivity index (χ0n) is 13.5. The zero-order valence-corrected chi connectivity index (χ0v) is 13.5. The number of hydrogen-bond acceptors (Lipinski definition) is 3. The fourth-order valence-corrected chi connectivity index (χ4v) is 3.38. The third-order valence-electron chi connectivity index (χ3n) is 4.88. The second-order valence-corrected chi connectivity index (χ2v) is 6.23. The molecule has 1 saturated carbocycles. The fourth-order valence-electron chi connectivity index (χ4n) is 3.38. The summed E-state index contributed by atoms with van der Waals surface area (Å²) in [6.07, 6.45) is -2.54. The average molecular weight is 359 g/mol. The normalized spacial score (nSPS) is 23.8. The molecule has 0 radical (unpaired) electrons. The number of carboxylic acids is 1. The first-order valence-corrected chi connectivity index (χ1v) is 7.86. The molecule has 1 aliphatic rings. The van der Waals surface area contributed by atoms with Crippen molar-refractivity contribution in [2.45, 2.75) is 50.8 Å². The predicted octanol–water partition coefficient (Wildman–Crippen LogP) is 4.52. The Morgan fingerprint density at radius 2 is 2.00 bits per heavy atom. The van der Waals surface area contributed by atoms with Crippen molar-refractivity contribution >= 4 is 5.97 Å². The molecular weight excluding hydrogens is 342 g/mol. The second kappa shape index (κ2) is 6.90. The molecule has 4 nitrogen and oxygen atoms in total. The van der Waals surface area contributed by atoms with Gasteiger partial charge in [0.2, 0.25) is 0 Å². The summed E-state index contributed by atoms with van der Waals surface area (Å²) in [5, 5.41) is 18.7. The Bertz CT molecular complexity index is 701. The number of hydrogen-bond donors (Lipinski definition) is 1. The second-order valence-electron chi connectivity index (χ2n) is 6.23. The number of aliphatic carboxylic acids is 1. The van der Waals surface area contributed by atoms with Gasteiger partial charge in [-0.2, -0.15) is 5.26 Å². The fraction of sp³-hybridized carbons (Fsp3) is 0.529.